The molecule has 0 spiro atoms. The third-order valence-electron chi connectivity index (χ3n) is 3.36. The van der Waals surface area contributed by atoms with Gasteiger partial charge in [0, 0.05) is 6.54 Å². The van der Waals surface area contributed by atoms with Crippen molar-refractivity contribution in [1.29, 1.82) is 0 Å². The molecule has 0 saturated heterocycles. The summed E-state index contributed by atoms with van der Waals surface area (Å²) >= 11 is 0. The molecule has 3 atom stereocenters. The zero-order valence-corrected chi connectivity index (χ0v) is 15.1. The molecular formula is C14H27N7O7. The minimum Gasteiger partial charge on any atom is -0.480 e. The summed E-state index contributed by atoms with van der Waals surface area (Å²) in [5, 5.41) is 33.1. The second-order valence-corrected chi connectivity index (χ2v) is 5.66. The molecule has 0 aliphatic carbocycles. The van der Waals surface area contributed by atoms with Gasteiger partial charge in [0.25, 0.3) is 0 Å². The predicted molar refractivity (Wildman–Crippen MR) is 96.6 cm³/mol. The molecule has 0 bridgehead atoms. The van der Waals surface area contributed by atoms with Crippen LogP contribution in [0.2, 0.25) is 0 Å². The highest BCUT2D eigenvalue weighted by Gasteiger charge is 2.24. The van der Waals surface area contributed by atoms with E-state index in [1.165, 1.54) is 0 Å². The molecule has 0 radical (unpaired) electrons. The fraction of sp³-hybridized carbons (Fsp3) is 0.643. The van der Waals surface area contributed by atoms with Gasteiger partial charge in [-0.05, 0) is 12.8 Å². The molecular weight excluding hydrogens is 378 g/mol. The van der Waals surface area contributed by atoms with Crippen LogP contribution in [0.1, 0.15) is 12.8 Å². The van der Waals surface area contributed by atoms with Crippen LogP contribution >= 0.6 is 0 Å². The minimum absolute atomic E-state index is 0.0901. The number of amides is 3. The largest absolute Gasteiger partial charge is 0.480 e. The summed E-state index contributed by atoms with van der Waals surface area (Å²) < 4.78 is 0. The number of guanidine groups is 1. The topological polar surface area (TPSA) is 255 Å². The fourth-order valence-corrected chi connectivity index (χ4v) is 1.84. The van der Waals surface area contributed by atoms with Gasteiger partial charge in [-0.1, -0.05) is 0 Å². The van der Waals surface area contributed by atoms with E-state index in [-0.39, 0.29) is 18.9 Å². The average Bonchev–Trinajstić information content (AvgIpc) is 2.64. The van der Waals surface area contributed by atoms with Crippen molar-refractivity contribution in [3.05, 3.63) is 0 Å². The summed E-state index contributed by atoms with van der Waals surface area (Å²) in [5.41, 5.74) is 16.0. The highest BCUT2D eigenvalue weighted by molar-refractivity contribution is 5.92. The number of rotatable bonds is 13. The predicted octanol–water partition coefficient (Wildman–Crippen LogP) is -5.48. The van der Waals surface area contributed by atoms with Crippen LogP contribution in [0.15, 0.2) is 4.99 Å². The second kappa shape index (κ2) is 13.2. The summed E-state index contributed by atoms with van der Waals surface area (Å²) in [5.74, 6) is -4.00. The number of nitrogens with two attached hydrogens (primary N) is 3. The van der Waals surface area contributed by atoms with Crippen molar-refractivity contribution >= 4 is 29.7 Å². The van der Waals surface area contributed by atoms with Gasteiger partial charge >= 0.3 is 5.97 Å². The number of nitrogens with one attached hydrogen (secondary N) is 3. The van der Waals surface area contributed by atoms with E-state index < -0.39 is 61.6 Å². The first-order valence-electron chi connectivity index (χ1n) is 8.25. The maximum Gasteiger partial charge on any atom is 0.328 e. The standard InChI is InChI=1S/C14H27N7O7/c15-7(2-1-3-18-14(16)17)11(25)21-8(5-22)12(26)19-4-10(24)20-9(6-23)13(27)28/h7-9,22-23H,1-6,15H2,(H,19,26)(H,20,24)(H,21,25)(H,27,28)(H4,16,17,18). The first-order chi connectivity index (χ1) is 13.1. The Morgan fingerprint density at radius 1 is 0.964 bits per heavy atom. The third-order valence-corrected chi connectivity index (χ3v) is 3.36. The van der Waals surface area contributed by atoms with Crippen molar-refractivity contribution in [1.82, 2.24) is 16.0 Å². The molecule has 0 saturated carbocycles. The first-order valence-corrected chi connectivity index (χ1v) is 8.25. The van der Waals surface area contributed by atoms with Crippen LogP contribution in [0.4, 0.5) is 0 Å². The molecule has 28 heavy (non-hydrogen) atoms. The van der Waals surface area contributed by atoms with Crippen LogP contribution in [-0.2, 0) is 19.2 Å². The lowest BCUT2D eigenvalue weighted by Crippen LogP contribution is -2.55. The molecule has 0 rings (SSSR count). The first kappa shape index (κ1) is 25.0. The molecule has 0 aliphatic rings. The number of carbonyl (C=O) groups excluding carboxylic acids is 3. The Labute approximate surface area is 160 Å². The van der Waals surface area contributed by atoms with E-state index in [2.05, 4.69) is 15.6 Å². The smallest absolute Gasteiger partial charge is 0.328 e. The maximum atomic E-state index is 12.0. The summed E-state index contributed by atoms with van der Waals surface area (Å²) in [6.07, 6.45) is 0.640. The van der Waals surface area contributed by atoms with E-state index in [1.54, 1.807) is 0 Å². The zero-order chi connectivity index (χ0) is 21.7. The van der Waals surface area contributed by atoms with Crippen LogP contribution < -0.4 is 33.2 Å². The molecule has 160 valence electrons. The maximum absolute atomic E-state index is 12.0. The molecule has 0 aromatic rings. The highest BCUT2D eigenvalue weighted by Crippen LogP contribution is 1.96. The van der Waals surface area contributed by atoms with Crippen molar-refractivity contribution in [2.75, 3.05) is 26.3 Å². The van der Waals surface area contributed by atoms with E-state index in [4.69, 9.17) is 27.4 Å². The van der Waals surface area contributed by atoms with E-state index in [1.807, 2.05) is 5.32 Å². The summed E-state index contributed by atoms with van der Waals surface area (Å²) in [6.45, 7) is -1.94. The lowest BCUT2D eigenvalue weighted by Gasteiger charge is -2.19. The highest BCUT2D eigenvalue weighted by atomic mass is 16.4. The van der Waals surface area contributed by atoms with Gasteiger partial charge in [0.15, 0.2) is 5.96 Å². The lowest BCUT2D eigenvalue weighted by molar-refractivity contribution is -0.142. The molecule has 0 aromatic heterocycles. The van der Waals surface area contributed by atoms with Crippen LogP contribution in [0.3, 0.4) is 0 Å². The molecule has 0 aromatic carbocycles. The van der Waals surface area contributed by atoms with Crippen molar-refractivity contribution in [2.45, 2.75) is 31.0 Å². The van der Waals surface area contributed by atoms with E-state index in [0.29, 0.717) is 6.42 Å². The van der Waals surface area contributed by atoms with Gasteiger partial charge in [0.2, 0.25) is 17.7 Å². The van der Waals surface area contributed by atoms with Gasteiger partial charge in [-0.3, -0.25) is 19.4 Å². The number of aliphatic hydroxyl groups excluding tert-OH is 2. The Bertz CT molecular complexity index is 580. The van der Waals surface area contributed by atoms with Crippen LogP contribution in [0, 0.1) is 0 Å². The van der Waals surface area contributed by atoms with Gasteiger partial charge in [-0.25, -0.2) is 4.79 Å². The van der Waals surface area contributed by atoms with E-state index in [0.717, 1.165) is 0 Å². The second-order valence-electron chi connectivity index (χ2n) is 5.66. The summed E-state index contributed by atoms with van der Waals surface area (Å²) in [7, 11) is 0. The number of carboxylic acids is 1. The van der Waals surface area contributed by atoms with Crippen LogP contribution in [-0.4, -0.2) is 89.4 Å². The Kier molecular flexibility index (Phi) is 11.8. The molecule has 0 fully saturated rings. The molecule has 0 heterocycles. The average molecular weight is 405 g/mol. The molecule has 14 heteroatoms. The van der Waals surface area contributed by atoms with Crippen molar-refractivity contribution in [2.24, 2.45) is 22.2 Å². The molecule has 14 nitrogen and oxygen atoms in total. The Morgan fingerprint density at radius 2 is 1.57 bits per heavy atom. The Balaban J connectivity index is 4.43. The number of hydrogen-bond donors (Lipinski definition) is 9. The molecule has 3 unspecified atom stereocenters. The van der Waals surface area contributed by atoms with Crippen molar-refractivity contribution in [3.8, 4) is 0 Å². The summed E-state index contributed by atoms with van der Waals surface area (Å²) in [4.78, 5) is 49.9. The van der Waals surface area contributed by atoms with Gasteiger partial charge in [-0.15, -0.1) is 0 Å². The molecule has 3 amide bonds. The van der Waals surface area contributed by atoms with Gasteiger partial charge < -0.3 is 48.5 Å². The van der Waals surface area contributed by atoms with Crippen molar-refractivity contribution < 1.29 is 34.5 Å². The third kappa shape index (κ3) is 10.2. The Morgan fingerprint density at radius 3 is 2.07 bits per heavy atom. The number of aliphatic hydroxyl groups is 2. The molecule has 0 aliphatic heterocycles. The number of aliphatic imine (C=N–C) groups is 1. The number of carboxylic acid groups (broad SMARTS) is 1. The van der Waals surface area contributed by atoms with Gasteiger partial charge in [0.1, 0.15) is 12.1 Å². The Hall–Kier alpha value is -2.97. The number of aliphatic carboxylic acids is 1. The van der Waals surface area contributed by atoms with Gasteiger partial charge in [-0.2, -0.15) is 0 Å². The minimum atomic E-state index is -1.52. The lowest BCUT2D eigenvalue weighted by atomic mass is 10.1. The quantitative estimate of drug-likeness (QED) is 0.0797. The number of nitrogens with zero attached hydrogens (tertiary/aromatic N) is 1. The number of hydrogen-bond acceptors (Lipinski definition) is 8. The fourth-order valence-electron chi connectivity index (χ4n) is 1.84. The SMILES string of the molecule is NC(N)=NCCCC(N)C(=O)NC(CO)C(=O)NCC(=O)NC(CO)C(=O)O. The summed E-state index contributed by atoms with van der Waals surface area (Å²) in [6, 6.07) is -3.85. The van der Waals surface area contributed by atoms with Crippen molar-refractivity contribution in [3.63, 3.8) is 0 Å². The van der Waals surface area contributed by atoms with E-state index in [9.17, 15) is 24.3 Å². The van der Waals surface area contributed by atoms with Crippen LogP contribution in [0.5, 0.6) is 0 Å². The normalized spacial score (nSPS) is 13.5. The monoisotopic (exact) mass is 405 g/mol. The molecule has 12 N–H and O–H groups in total. The van der Waals surface area contributed by atoms with E-state index >= 15 is 0 Å². The van der Waals surface area contributed by atoms with Gasteiger partial charge in [0.05, 0.1) is 25.8 Å². The zero-order valence-electron chi connectivity index (χ0n) is 15.1. The number of carbonyl (C=O) groups is 4. The van der Waals surface area contributed by atoms with Crippen LogP contribution in [0.25, 0.3) is 0 Å².